The van der Waals surface area contributed by atoms with E-state index in [9.17, 15) is 0 Å². The second-order valence-electron chi connectivity index (χ2n) is 3.21. The number of hydrogen-bond donors (Lipinski definition) is 2. The molecule has 0 saturated carbocycles. The van der Waals surface area contributed by atoms with Gasteiger partial charge in [0.1, 0.15) is 11.0 Å². The molecule has 1 rings (SSSR count). The minimum Gasteiger partial charge on any atom is -0.370 e. The second-order valence-corrected chi connectivity index (χ2v) is 3.60. The topological polar surface area (TPSA) is 63.8 Å². The highest BCUT2D eigenvalue weighted by atomic mass is 35.5. The highest BCUT2D eigenvalue weighted by Gasteiger charge is 2.00. The first-order valence-corrected chi connectivity index (χ1v) is 4.49. The van der Waals surface area contributed by atoms with Crippen LogP contribution in [0.15, 0.2) is 6.07 Å². The van der Waals surface area contributed by atoms with Gasteiger partial charge in [0.25, 0.3) is 0 Å². The molecule has 1 aromatic heterocycles. The molecule has 1 heterocycles. The number of nitrogens with two attached hydrogens (primary N) is 1. The van der Waals surface area contributed by atoms with E-state index in [2.05, 4.69) is 29.1 Å². The van der Waals surface area contributed by atoms with Crippen molar-refractivity contribution >= 4 is 23.4 Å². The van der Waals surface area contributed by atoms with E-state index in [1.165, 1.54) is 0 Å². The van der Waals surface area contributed by atoms with Crippen LogP contribution in [0.5, 0.6) is 0 Å². The summed E-state index contributed by atoms with van der Waals surface area (Å²) in [7, 11) is 0. The number of aromatic nitrogens is 2. The quantitative estimate of drug-likeness (QED) is 0.731. The van der Waals surface area contributed by atoms with E-state index in [1.807, 2.05) is 0 Å². The number of rotatable bonds is 3. The standard InChI is InChI=1S/C8H13ClN4/c1-5(2)4-11-7-3-6(9)12-8(10)13-7/h3,5H,4H2,1-2H3,(H3,10,11,12,13). The lowest BCUT2D eigenvalue weighted by molar-refractivity contribution is 0.687. The van der Waals surface area contributed by atoms with Crippen LogP contribution < -0.4 is 11.1 Å². The summed E-state index contributed by atoms with van der Waals surface area (Å²) < 4.78 is 0. The van der Waals surface area contributed by atoms with Gasteiger partial charge in [0, 0.05) is 12.6 Å². The number of nitrogens with zero attached hydrogens (tertiary/aromatic N) is 2. The molecule has 0 amide bonds. The van der Waals surface area contributed by atoms with Gasteiger partial charge >= 0.3 is 0 Å². The molecular formula is C8H13ClN4. The van der Waals surface area contributed by atoms with Crippen LogP contribution in [0, 0.1) is 5.92 Å². The normalized spacial score (nSPS) is 10.5. The van der Waals surface area contributed by atoms with Crippen LogP contribution in [0.3, 0.4) is 0 Å². The first-order valence-electron chi connectivity index (χ1n) is 4.12. The van der Waals surface area contributed by atoms with E-state index in [-0.39, 0.29) is 5.95 Å². The van der Waals surface area contributed by atoms with Crippen molar-refractivity contribution in [3.63, 3.8) is 0 Å². The van der Waals surface area contributed by atoms with Gasteiger partial charge in [-0.2, -0.15) is 4.98 Å². The molecule has 0 bridgehead atoms. The maximum Gasteiger partial charge on any atom is 0.223 e. The molecule has 0 spiro atoms. The zero-order valence-electron chi connectivity index (χ0n) is 7.71. The van der Waals surface area contributed by atoms with Gasteiger partial charge in [-0.1, -0.05) is 25.4 Å². The molecule has 0 fully saturated rings. The minimum absolute atomic E-state index is 0.193. The Balaban J connectivity index is 2.66. The fraction of sp³-hybridized carbons (Fsp3) is 0.500. The van der Waals surface area contributed by atoms with Gasteiger partial charge in [-0.3, -0.25) is 0 Å². The molecule has 0 radical (unpaired) electrons. The summed E-state index contributed by atoms with van der Waals surface area (Å²) >= 11 is 5.69. The number of nitrogens with one attached hydrogen (secondary N) is 1. The molecule has 0 aromatic carbocycles. The highest BCUT2D eigenvalue weighted by molar-refractivity contribution is 6.29. The molecule has 13 heavy (non-hydrogen) atoms. The monoisotopic (exact) mass is 200 g/mol. The molecule has 0 saturated heterocycles. The van der Waals surface area contributed by atoms with Crippen molar-refractivity contribution in [3.8, 4) is 0 Å². The van der Waals surface area contributed by atoms with Gasteiger partial charge < -0.3 is 11.1 Å². The zero-order valence-corrected chi connectivity index (χ0v) is 8.47. The summed E-state index contributed by atoms with van der Waals surface area (Å²) in [5.41, 5.74) is 5.42. The van der Waals surface area contributed by atoms with Crippen LogP contribution in [-0.2, 0) is 0 Å². The summed E-state index contributed by atoms with van der Waals surface area (Å²) in [6, 6.07) is 1.65. The molecular weight excluding hydrogens is 188 g/mol. The number of anilines is 2. The van der Waals surface area contributed by atoms with Crippen molar-refractivity contribution in [2.75, 3.05) is 17.6 Å². The molecule has 0 aliphatic heterocycles. The average Bonchev–Trinajstić information content (AvgIpc) is 1.99. The van der Waals surface area contributed by atoms with Gasteiger partial charge in [-0.05, 0) is 5.92 Å². The van der Waals surface area contributed by atoms with Crippen molar-refractivity contribution in [2.45, 2.75) is 13.8 Å². The van der Waals surface area contributed by atoms with Crippen LogP contribution in [-0.4, -0.2) is 16.5 Å². The predicted molar refractivity (Wildman–Crippen MR) is 54.8 cm³/mol. The predicted octanol–water partition coefficient (Wildman–Crippen LogP) is 1.78. The number of nitrogen functional groups attached to an aromatic ring is 1. The molecule has 5 heteroatoms. The van der Waals surface area contributed by atoms with E-state index in [4.69, 9.17) is 17.3 Å². The number of halogens is 1. The minimum atomic E-state index is 0.193. The number of hydrogen-bond acceptors (Lipinski definition) is 4. The SMILES string of the molecule is CC(C)CNc1cc(Cl)nc(N)n1. The lowest BCUT2D eigenvalue weighted by Gasteiger charge is -2.08. The van der Waals surface area contributed by atoms with Crippen molar-refractivity contribution in [2.24, 2.45) is 5.92 Å². The third-order valence-electron chi connectivity index (χ3n) is 1.40. The van der Waals surface area contributed by atoms with E-state index < -0.39 is 0 Å². The summed E-state index contributed by atoms with van der Waals surface area (Å²) in [4.78, 5) is 7.73. The molecule has 1 aromatic rings. The van der Waals surface area contributed by atoms with Crippen molar-refractivity contribution in [1.29, 1.82) is 0 Å². The highest BCUT2D eigenvalue weighted by Crippen LogP contribution is 2.12. The summed E-state index contributed by atoms with van der Waals surface area (Å²) in [6.45, 7) is 5.06. The molecule has 72 valence electrons. The van der Waals surface area contributed by atoms with Crippen molar-refractivity contribution in [3.05, 3.63) is 11.2 Å². The Morgan fingerprint density at radius 2 is 2.23 bits per heavy atom. The molecule has 3 N–H and O–H groups in total. The third kappa shape index (κ3) is 3.46. The van der Waals surface area contributed by atoms with Gasteiger partial charge in [0.05, 0.1) is 0 Å². The van der Waals surface area contributed by atoms with Crippen LogP contribution in [0.2, 0.25) is 5.15 Å². The van der Waals surface area contributed by atoms with E-state index in [1.54, 1.807) is 6.07 Å². The largest absolute Gasteiger partial charge is 0.370 e. The van der Waals surface area contributed by atoms with Crippen LogP contribution in [0.4, 0.5) is 11.8 Å². The Morgan fingerprint density at radius 1 is 1.54 bits per heavy atom. The van der Waals surface area contributed by atoms with Crippen molar-refractivity contribution in [1.82, 2.24) is 9.97 Å². The molecule has 0 unspecified atom stereocenters. The second kappa shape index (κ2) is 4.28. The Morgan fingerprint density at radius 3 is 2.77 bits per heavy atom. The fourth-order valence-corrected chi connectivity index (χ4v) is 1.02. The first kappa shape index (κ1) is 10.1. The smallest absolute Gasteiger partial charge is 0.223 e. The summed E-state index contributed by atoms with van der Waals surface area (Å²) in [5, 5.41) is 3.47. The maximum absolute atomic E-state index is 5.69. The van der Waals surface area contributed by atoms with Gasteiger partial charge in [-0.15, -0.1) is 0 Å². The van der Waals surface area contributed by atoms with Gasteiger partial charge in [0.15, 0.2) is 0 Å². The Hall–Kier alpha value is -1.03. The third-order valence-corrected chi connectivity index (χ3v) is 1.60. The van der Waals surface area contributed by atoms with Crippen LogP contribution in [0.25, 0.3) is 0 Å². The molecule has 0 atom stereocenters. The van der Waals surface area contributed by atoms with Crippen LogP contribution >= 0.6 is 11.6 Å². The lowest BCUT2D eigenvalue weighted by atomic mass is 10.2. The Labute approximate surface area is 82.5 Å². The maximum atomic E-state index is 5.69. The fourth-order valence-electron chi connectivity index (χ4n) is 0.834. The summed E-state index contributed by atoms with van der Waals surface area (Å²) in [5.74, 6) is 1.42. The van der Waals surface area contributed by atoms with E-state index in [0.29, 0.717) is 16.9 Å². The zero-order chi connectivity index (χ0) is 9.84. The molecule has 0 aliphatic carbocycles. The van der Waals surface area contributed by atoms with E-state index >= 15 is 0 Å². The summed E-state index contributed by atoms with van der Waals surface area (Å²) in [6.07, 6.45) is 0. The lowest BCUT2D eigenvalue weighted by Crippen LogP contribution is -2.10. The van der Waals surface area contributed by atoms with Gasteiger partial charge in [-0.25, -0.2) is 4.98 Å². The Bertz CT molecular complexity index is 267. The van der Waals surface area contributed by atoms with E-state index in [0.717, 1.165) is 6.54 Å². The van der Waals surface area contributed by atoms with Crippen LogP contribution in [0.1, 0.15) is 13.8 Å². The van der Waals surface area contributed by atoms with Crippen molar-refractivity contribution < 1.29 is 0 Å². The van der Waals surface area contributed by atoms with Gasteiger partial charge in [0.2, 0.25) is 5.95 Å². The average molecular weight is 201 g/mol. The molecule has 0 aliphatic rings. The first-order chi connectivity index (χ1) is 6.08. The molecule has 4 nitrogen and oxygen atoms in total. The Kier molecular flexibility index (Phi) is 3.31.